The van der Waals surface area contributed by atoms with Gasteiger partial charge in [0, 0.05) is 0 Å². The number of ether oxygens (including phenoxy) is 1. The first kappa shape index (κ1) is 7.58. The fourth-order valence-electron chi connectivity index (χ4n) is 0.827. The summed E-state index contributed by atoms with van der Waals surface area (Å²) in [6.45, 7) is 3.37. The van der Waals surface area contributed by atoms with Crippen LogP contribution >= 0.6 is 0 Å². The Balaban J connectivity index is 3.00. The van der Waals surface area contributed by atoms with E-state index in [1.165, 1.54) is 0 Å². The highest BCUT2D eigenvalue weighted by molar-refractivity contribution is 5.80. The summed E-state index contributed by atoms with van der Waals surface area (Å²) in [7, 11) is 1.64. The van der Waals surface area contributed by atoms with Crippen LogP contribution < -0.4 is 9.40 Å². The molecule has 0 heterocycles. The summed E-state index contributed by atoms with van der Waals surface area (Å²) in [4.78, 5) is 0. The molecular formula is C9H10NO+. The predicted octanol–water partition coefficient (Wildman–Crippen LogP) is 0.882. The summed E-state index contributed by atoms with van der Waals surface area (Å²) in [6, 6.07) is 7.64. The van der Waals surface area contributed by atoms with Gasteiger partial charge in [-0.3, -0.25) is 0 Å². The molecule has 0 spiro atoms. The Kier molecular flexibility index (Phi) is 2.47. The Labute approximate surface area is 65.9 Å². The first-order valence-corrected chi connectivity index (χ1v) is 3.30. The van der Waals surface area contributed by atoms with E-state index in [0.717, 1.165) is 11.3 Å². The maximum absolute atomic E-state index is 5.02. The molecule has 0 amide bonds. The van der Waals surface area contributed by atoms with Crippen LogP contribution in [0, 0.1) is 0 Å². The topological polar surface area (TPSA) is 23.3 Å². The highest BCUT2D eigenvalue weighted by Gasteiger charge is 1.94. The van der Waals surface area contributed by atoms with Gasteiger partial charge in [0.2, 0.25) is 0 Å². The Morgan fingerprint density at radius 1 is 1.55 bits per heavy atom. The van der Waals surface area contributed by atoms with Gasteiger partial charge in [0.15, 0.2) is 0 Å². The Morgan fingerprint density at radius 3 is 3.00 bits per heavy atom. The molecule has 0 radical (unpaired) electrons. The van der Waals surface area contributed by atoms with Gasteiger partial charge < -0.3 is 4.74 Å². The molecule has 0 aliphatic rings. The van der Waals surface area contributed by atoms with Crippen molar-refractivity contribution in [3.05, 3.63) is 29.8 Å². The van der Waals surface area contributed by atoms with Gasteiger partial charge in [0.25, 0.3) is 12.9 Å². The highest BCUT2D eigenvalue weighted by atomic mass is 16.5. The normalized spacial score (nSPS) is 8.45. The minimum atomic E-state index is 0.836. The zero-order chi connectivity index (χ0) is 8.10. The third-order valence-electron chi connectivity index (χ3n) is 1.33. The van der Waals surface area contributed by atoms with Crippen molar-refractivity contribution < 1.29 is 4.74 Å². The summed E-state index contributed by atoms with van der Waals surface area (Å²) < 4.78 is 8.67. The van der Waals surface area contributed by atoms with Crippen molar-refractivity contribution in [1.29, 1.82) is 0 Å². The van der Waals surface area contributed by atoms with Crippen molar-refractivity contribution in [2.24, 2.45) is 0 Å². The van der Waals surface area contributed by atoms with Gasteiger partial charge in [-0.2, -0.15) is 0 Å². The second-order valence-corrected chi connectivity index (χ2v) is 2.09. The molecule has 56 valence electrons. The lowest BCUT2D eigenvalue weighted by Crippen LogP contribution is -1.86. The molecule has 0 fully saturated rings. The Hall–Kier alpha value is -1.53. The lowest BCUT2D eigenvalue weighted by atomic mass is 10.2. The zero-order valence-corrected chi connectivity index (χ0v) is 6.45. The van der Waals surface area contributed by atoms with E-state index in [2.05, 4.69) is 11.4 Å². The van der Waals surface area contributed by atoms with E-state index in [1.807, 2.05) is 24.3 Å². The molecule has 2 nitrogen and oxygen atoms in total. The van der Waals surface area contributed by atoms with Crippen LogP contribution in [0.4, 0.5) is 0 Å². The van der Waals surface area contributed by atoms with Gasteiger partial charge in [-0.25, -0.2) is 0 Å². The van der Waals surface area contributed by atoms with Gasteiger partial charge >= 0.3 is 0 Å². The van der Waals surface area contributed by atoms with Crippen LogP contribution in [0.1, 0.15) is 5.56 Å². The molecule has 0 saturated heterocycles. The maximum Gasteiger partial charge on any atom is 0.298 e. The van der Waals surface area contributed by atoms with Gasteiger partial charge in [0.05, 0.1) is 12.7 Å². The number of methoxy groups -OCH3 is 1. The molecule has 0 aliphatic carbocycles. The number of benzene rings is 1. The number of rotatable bonds is 2. The molecule has 0 saturated carbocycles. The molecule has 0 N–H and O–H groups in total. The van der Waals surface area contributed by atoms with E-state index in [4.69, 9.17) is 4.74 Å². The first-order chi connectivity index (χ1) is 5.36. The monoisotopic (exact) mass is 148 g/mol. The largest absolute Gasteiger partial charge is 0.497 e. The van der Waals surface area contributed by atoms with Crippen LogP contribution in [0.5, 0.6) is 5.75 Å². The standard InChI is InChI=1S/C9H10NO/c1-10-7-8-4-3-5-9(6-8)11-2/h3-7H,1H2,2H3/q+1. The van der Waals surface area contributed by atoms with Crippen LogP contribution in [-0.2, 0) is 0 Å². The van der Waals surface area contributed by atoms with E-state index in [-0.39, 0.29) is 0 Å². The lowest BCUT2D eigenvalue weighted by molar-refractivity contribution is 0.415. The van der Waals surface area contributed by atoms with E-state index in [0.29, 0.717) is 0 Å². The fraction of sp³-hybridized carbons (Fsp3) is 0.111. The number of hydrogen-bond acceptors (Lipinski definition) is 1. The van der Waals surface area contributed by atoms with E-state index >= 15 is 0 Å². The summed E-state index contributed by atoms with van der Waals surface area (Å²) in [5.41, 5.74) is 0.999. The Bertz CT molecular complexity index is 287. The maximum atomic E-state index is 5.02. The second-order valence-electron chi connectivity index (χ2n) is 2.09. The third kappa shape index (κ3) is 1.95. The quantitative estimate of drug-likeness (QED) is 0.451. The predicted molar refractivity (Wildman–Crippen MR) is 47.4 cm³/mol. The second kappa shape index (κ2) is 3.59. The average Bonchev–Trinajstić information content (AvgIpc) is 2.06. The minimum Gasteiger partial charge on any atom is -0.497 e. The van der Waals surface area contributed by atoms with Crippen molar-refractivity contribution in [2.75, 3.05) is 7.11 Å². The molecule has 0 aliphatic heterocycles. The third-order valence-corrected chi connectivity index (χ3v) is 1.33. The highest BCUT2D eigenvalue weighted by Crippen LogP contribution is 2.09. The van der Waals surface area contributed by atoms with Gasteiger partial charge in [-0.1, -0.05) is 6.07 Å². The summed E-state index contributed by atoms with van der Waals surface area (Å²) in [5.74, 6) is 0.836. The Morgan fingerprint density at radius 2 is 2.36 bits per heavy atom. The molecule has 0 aromatic heterocycles. The van der Waals surface area contributed by atoms with Crippen LogP contribution in [0.15, 0.2) is 24.3 Å². The molecule has 1 aromatic rings. The zero-order valence-electron chi connectivity index (χ0n) is 6.45. The molecule has 1 rings (SSSR count). The van der Waals surface area contributed by atoms with E-state index in [1.54, 1.807) is 13.3 Å². The molecule has 0 atom stereocenters. The summed E-state index contributed by atoms with van der Waals surface area (Å²) in [6.07, 6.45) is 1.68. The summed E-state index contributed by atoms with van der Waals surface area (Å²) >= 11 is 0. The van der Waals surface area contributed by atoms with Crippen LogP contribution in [0.3, 0.4) is 0 Å². The van der Waals surface area contributed by atoms with Crippen molar-refractivity contribution >= 4 is 12.9 Å². The average molecular weight is 148 g/mol. The van der Waals surface area contributed by atoms with Gasteiger partial charge in [-0.05, 0) is 18.2 Å². The molecular weight excluding hydrogens is 138 g/mol. The number of nitrogens with zero attached hydrogens (tertiary/aromatic N) is 1. The summed E-state index contributed by atoms with van der Waals surface area (Å²) in [5, 5.41) is 0. The van der Waals surface area contributed by atoms with E-state index in [9.17, 15) is 0 Å². The number of hydrogen-bond donors (Lipinski definition) is 0. The molecule has 0 unspecified atom stereocenters. The van der Waals surface area contributed by atoms with Crippen molar-refractivity contribution in [1.82, 2.24) is 4.67 Å². The smallest absolute Gasteiger partial charge is 0.298 e. The fourth-order valence-corrected chi connectivity index (χ4v) is 0.827. The van der Waals surface area contributed by atoms with Gasteiger partial charge in [-0.15, -0.1) is 4.67 Å². The lowest BCUT2D eigenvalue weighted by Gasteiger charge is -1.96. The van der Waals surface area contributed by atoms with Crippen molar-refractivity contribution in [3.63, 3.8) is 0 Å². The molecule has 1 aromatic carbocycles. The van der Waals surface area contributed by atoms with Crippen molar-refractivity contribution in [3.8, 4) is 5.75 Å². The molecule has 0 bridgehead atoms. The first-order valence-electron chi connectivity index (χ1n) is 3.30. The van der Waals surface area contributed by atoms with Crippen molar-refractivity contribution in [2.45, 2.75) is 0 Å². The SMILES string of the molecule is C=[N+]=Cc1cccc(OC)c1. The van der Waals surface area contributed by atoms with Crippen LogP contribution in [-0.4, -0.2) is 20.0 Å². The molecule has 11 heavy (non-hydrogen) atoms. The minimum absolute atomic E-state index is 0.836. The van der Waals surface area contributed by atoms with Crippen LogP contribution in [0.25, 0.3) is 0 Å². The van der Waals surface area contributed by atoms with Gasteiger partial charge in [0.1, 0.15) is 5.75 Å². The molecule has 2 heteroatoms. The van der Waals surface area contributed by atoms with E-state index < -0.39 is 0 Å². The van der Waals surface area contributed by atoms with Crippen LogP contribution in [0.2, 0.25) is 0 Å².